The number of benzene rings is 1. The zero-order chi connectivity index (χ0) is 16.5. The van der Waals surface area contributed by atoms with Crippen LogP contribution in [0.25, 0.3) is 22.2 Å². The number of thiazole rings is 1. The number of aromatic amines is 1. The number of fused-ring (bicyclic) bond motifs is 1. The molecular weight excluding hydrogens is 322 g/mol. The molecule has 3 heterocycles. The van der Waals surface area contributed by atoms with E-state index in [1.807, 2.05) is 23.2 Å². The number of morpholine rings is 1. The molecule has 124 valence electrons. The van der Waals surface area contributed by atoms with Crippen LogP contribution < -0.4 is 0 Å². The van der Waals surface area contributed by atoms with Gasteiger partial charge in [-0.1, -0.05) is 18.2 Å². The van der Waals surface area contributed by atoms with Gasteiger partial charge >= 0.3 is 0 Å². The van der Waals surface area contributed by atoms with Crippen LogP contribution in [0.1, 0.15) is 9.88 Å². The fourth-order valence-corrected chi connectivity index (χ4v) is 4.04. The Hall–Kier alpha value is -2.18. The van der Waals surface area contributed by atoms with Gasteiger partial charge in [-0.3, -0.25) is 4.79 Å². The Labute approximate surface area is 144 Å². The van der Waals surface area contributed by atoms with Gasteiger partial charge in [0.15, 0.2) is 0 Å². The van der Waals surface area contributed by atoms with Crippen LogP contribution >= 0.6 is 11.3 Å². The molecule has 0 spiro atoms. The summed E-state index contributed by atoms with van der Waals surface area (Å²) in [5.41, 5.74) is 3.18. The summed E-state index contributed by atoms with van der Waals surface area (Å²) in [6.45, 7) is 4.68. The molecule has 2 aromatic heterocycles. The highest BCUT2D eigenvalue weighted by Crippen LogP contribution is 2.33. The molecule has 1 aliphatic heterocycles. The maximum atomic E-state index is 12.4. The fourth-order valence-electron chi connectivity index (χ4n) is 3.10. The molecule has 0 unspecified atom stereocenters. The number of nitrogens with zero attached hydrogens (tertiary/aromatic N) is 2. The first-order valence-electron chi connectivity index (χ1n) is 8.10. The van der Waals surface area contributed by atoms with Crippen molar-refractivity contribution < 1.29 is 9.53 Å². The number of ether oxygens (including phenoxy) is 1. The van der Waals surface area contributed by atoms with E-state index in [0.717, 1.165) is 32.0 Å². The second kappa shape index (κ2) is 6.37. The number of rotatable bonds is 3. The summed E-state index contributed by atoms with van der Waals surface area (Å²) < 4.78 is 5.30. The average molecular weight is 341 g/mol. The minimum Gasteiger partial charge on any atom is -0.378 e. The third-order valence-electron chi connectivity index (χ3n) is 4.35. The van der Waals surface area contributed by atoms with Crippen molar-refractivity contribution in [2.45, 2.75) is 13.3 Å². The number of para-hydroxylation sites is 1. The Morgan fingerprint density at radius 2 is 2.12 bits per heavy atom. The smallest absolute Gasteiger partial charge is 0.229 e. The Balaban J connectivity index is 1.59. The molecule has 24 heavy (non-hydrogen) atoms. The molecular formula is C18H19N3O2S. The van der Waals surface area contributed by atoms with Crippen LogP contribution in [0.3, 0.4) is 0 Å². The van der Waals surface area contributed by atoms with E-state index in [9.17, 15) is 4.79 Å². The van der Waals surface area contributed by atoms with E-state index >= 15 is 0 Å². The number of nitrogens with one attached hydrogen (secondary N) is 1. The van der Waals surface area contributed by atoms with Gasteiger partial charge in [0.1, 0.15) is 5.01 Å². The van der Waals surface area contributed by atoms with E-state index in [0.29, 0.717) is 32.7 Å². The number of carbonyl (C=O) groups is 1. The lowest BCUT2D eigenvalue weighted by atomic mass is 10.1. The van der Waals surface area contributed by atoms with Gasteiger partial charge < -0.3 is 14.6 Å². The molecule has 0 saturated carbocycles. The molecule has 5 nitrogen and oxygen atoms in total. The van der Waals surface area contributed by atoms with Gasteiger partial charge in [-0.15, -0.1) is 11.3 Å². The summed E-state index contributed by atoms with van der Waals surface area (Å²) in [6.07, 6.45) is 2.37. The van der Waals surface area contributed by atoms with Gasteiger partial charge in [-0.25, -0.2) is 4.98 Å². The number of amides is 1. The Bertz CT molecular complexity index is 877. The average Bonchev–Trinajstić information content (AvgIpc) is 3.18. The summed E-state index contributed by atoms with van der Waals surface area (Å²) in [5.74, 6) is 0.137. The zero-order valence-electron chi connectivity index (χ0n) is 13.5. The highest BCUT2D eigenvalue weighted by Gasteiger charge is 2.20. The van der Waals surface area contributed by atoms with Crippen LogP contribution in [0.15, 0.2) is 30.5 Å². The summed E-state index contributed by atoms with van der Waals surface area (Å²) in [5, 5.41) is 2.04. The molecule has 1 N–H and O–H groups in total. The normalized spacial score (nSPS) is 15.1. The van der Waals surface area contributed by atoms with Crippen molar-refractivity contribution in [3.05, 3.63) is 40.3 Å². The van der Waals surface area contributed by atoms with Gasteiger partial charge in [-0.05, 0) is 13.0 Å². The quantitative estimate of drug-likeness (QED) is 0.797. The summed E-state index contributed by atoms with van der Waals surface area (Å²) >= 11 is 1.61. The summed E-state index contributed by atoms with van der Waals surface area (Å²) in [7, 11) is 0. The van der Waals surface area contributed by atoms with Gasteiger partial charge in [0.2, 0.25) is 5.91 Å². The fraction of sp³-hybridized carbons (Fsp3) is 0.333. The number of carbonyl (C=O) groups excluding carboxylic acids is 1. The van der Waals surface area contributed by atoms with Gasteiger partial charge in [0.05, 0.1) is 25.3 Å². The minimum absolute atomic E-state index is 0.137. The molecule has 3 aromatic rings. The van der Waals surface area contributed by atoms with E-state index < -0.39 is 0 Å². The molecule has 0 bridgehead atoms. The van der Waals surface area contributed by atoms with E-state index in [1.54, 1.807) is 11.3 Å². The van der Waals surface area contributed by atoms with Crippen molar-refractivity contribution in [2.75, 3.05) is 26.3 Å². The lowest BCUT2D eigenvalue weighted by molar-refractivity contribution is -0.134. The molecule has 0 atom stereocenters. The zero-order valence-corrected chi connectivity index (χ0v) is 14.4. The molecule has 1 amide bonds. The van der Waals surface area contributed by atoms with Crippen LogP contribution in [-0.4, -0.2) is 47.1 Å². The third kappa shape index (κ3) is 2.83. The van der Waals surface area contributed by atoms with Crippen molar-refractivity contribution in [1.29, 1.82) is 0 Å². The monoisotopic (exact) mass is 341 g/mol. The Morgan fingerprint density at radius 1 is 1.33 bits per heavy atom. The first-order valence-corrected chi connectivity index (χ1v) is 8.92. The second-order valence-electron chi connectivity index (χ2n) is 5.93. The lowest BCUT2D eigenvalue weighted by Crippen LogP contribution is -2.41. The van der Waals surface area contributed by atoms with Crippen LogP contribution in [0, 0.1) is 6.92 Å². The Morgan fingerprint density at radius 3 is 2.96 bits per heavy atom. The first-order chi connectivity index (χ1) is 11.7. The lowest BCUT2D eigenvalue weighted by Gasteiger charge is -2.26. The maximum absolute atomic E-state index is 12.4. The Kier molecular flexibility index (Phi) is 4.08. The van der Waals surface area contributed by atoms with Gasteiger partial charge in [-0.2, -0.15) is 0 Å². The van der Waals surface area contributed by atoms with Crippen LogP contribution in [0.2, 0.25) is 0 Å². The van der Waals surface area contributed by atoms with Crippen LogP contribution in [-0.2, 0) is 16.0 Å². The standard InChI is InChI=1S/C18H19N3O2S/c1-12-18(14-11-19-15-5-3-2-4-13(14)15)20-16(24-12)10-17(22)21-6-8-23-9-7-21/h2-5,11,19H,6-10H2,1H3. The number of aromatic nitrogens is 2. The molecule has 1 saturated heterocycles. The van der Waals surface area contributed by atoms with Gasteiger partial charge in [0.25, 0.3) is 0 Å². The van der Waals surface area contributed by atoms with Gasteiger partial charge in [0, 0.05) is 40.6 Å². The first kappa shape index (κ1) is 15.4. The molecule has 4 rings (SSSR count). The third-order valence-corrected chi connectivity index (χ3v) is 5.32. The summed E-state index contributed by atoms with van der Waals surface area (Å²) in [4.78, 5) is 23.5. The highest BCUT2D eigenvalue weighted by atomic mass is 32.1. The van der Waals surface area contributed by atoms with Crippen molar-refractivity contribution in [3.8, 4) is 11.3 Å². The molecule has 1 fully saturated rings. The van der Waals surface area contributed by atoms with Crippen molar-refractivity contribution in [3.63, 3.8) is 0 Å². The second-order valence-corrected chi connectivity index (χ2v) is 7.22. The SMILES string of the molecule is Cc1sc(CC(=O)N2CCOCC2)nc1-c1c[nH]c2ccccc12. The summed E-state index contributed by atoms with van der Waals surface area (Å²) in [6, 6.07) is 8.20. The maximum Gasteiger partial charge on any atom is 0.229 e. The number of aryl methyl sites for hydroxylation is 1. The predicted molar refractivity (Wildman–Crippen MR) is 95.2 cm³/mol. The highest BCUT2D eigenvalue weighted by molar-refractivity contribution is 7.12. The number of hydrogen-bond donors (Lipinski definition) is 1. The van der Waals surface area contributed by atoms with E-state index in [2.05, 4.69) is 24.0 Å². The predicted octanol–water partition coefficient (Wildman–Crippen LogP) is 3.00. The molecule has 6 heteroatoms. The largest absolute Gasteiger partial charge is 0.378 e. The van der Waals surface area contributed by atoms with E-state index in [1.165, 1.54) is 0 Å². The van der Waals surface area contributed by atoms with Crippen molar-refractivity contribution in [2.24, 2.45) is 0 Å². The van der Waals surface area contributed by atoms with E-state index in [4.69, 9.17) is 9.72 Å². The number of hydrogen-bond acceptors (Lipinski definition) is 4. The molecule has 0 radical (unpaired) electrons. The van der Waals surface area contributed by atoms with Crippen LogP contribution in [0.5, 0.6) is 0 Å². The van der Waals surface area contributed by atoms with Crippen molar-refractivity contribution >= 4 is 28.1 Å². The minimum atomic E-state index is 0.137. The molecule has 0 aliphatic carbocycles. The van der Waals surface area contributed by atoms with Crippen LogP contribution in [0.4, 0.5) is 0 Å². The van der Waals surface area contributed by atoms with Crippen molar-refractivity contribution in [1.82, 2.24) is 14.9 Å². The molecule has 1 aliphatic rings. The molecule has 1 aromatic carbocycles. The topological polar surface area (TPSA) is 58.2 Å². The number of H-pyrrole nitrogens is 1. The van der Waals surface area contributed by atoms with E-state index in [-0.39, 0.29) is 5.91 Å².